The van der Waals surface area contributed by atoms with Gasteiger partial charge in [0.1, 0.15) is 0 Å². The van der Waals surface area contributed by atoms with Crippen molar-refractivity contribution < 1.29 is 0 Å². The quantitative estimate of drug-likeness (QED) is 0.701. The molecule has 15 heavy (non-hydrogen) atoms. The third-order valence-corrected chi connectivity index (χ3v) is 3.12. The van der Waals surface area contributed by atoms with Crippen molar-refractivity contribution in [2.75, 3.05) is 26.2 Å². The van der Waals surface area contributed by atoms with Crippen molar-refractivity contribution in [1.82, 2.24) is 10.2 Å². The lowest BCUT2D eigenvalue weighted by atomic mass is 9.84. The molecule has 0 saturated heterocycles. The van der Waals surface area contributed by atoms with E-state index >= 15 is 0 Å². The molecule has 2 heteroatoms. The Morgan fingerprint density at radius 1 is 1.07 bits per heavy atom. The summed E-state index contributed by atoms with van der Waals surface area (Å²) in [5, 5.41) is 3.60. The second kappa shape index (κ2) is 7.24. The molecule has 0 saturated carbocycles. The van der Waals surface area contributed by atoms with Crippen LogP contribution in [0.1, 0.15) is 48.0 Å². The van der Waals surface area contributed by atoms with Crippen molar-refractivity contribution in [3.63, 3.8) is 0 Å². The highest BCUT2D eigenvalue weighted by Crippen LogP contribution is 2.21. The lowest BCUT2D eigenvalue weighted by molar-refractivity contribution is 0.215. The summed E-state index contributed by atoms with van der Waals surface area (Å²) in [5.41, 5.74) is 0.364. The maximum Gasteiger partial charge on any atom is 0.0128 e. The summed E-state index contributed by atoms with van der Waals surface area (Å²) in [6.45, 7) is 18.2. The Bertz CT molecular complexity index is 145. The van der Waals surface area contributed by atoms with Crippen LogP contribution in [0.3, 0.4) is 0 Å². The van der Waals surface area contributed by atoms with Gasteiger partial charge in [0.05, 0.1) is 0 Å². The third kappa shape index (κ3) is 6.16. The highest BCUT2D eigenvalue weighted by atomic mass is 15.1. The molecule has 0 rings (SSSR count). The first-order chi connectivity index (χ1) is 6.95. The van der Waals surface area contributed by atoms with Gasteiger partial charge >= 0.3 is 0 Å². The SMILES string of the molecule is CCNC(CCN(CC)CC)C(C)(C)C. The standard InChI is InChI=1S/C13H30N2/c1-7-14-12(13(4,5)6)10-11-15(8-2)9-3/h12,14H,7-11H2,1-6H3. The molecule has 0 spiro atoms. The molecule has 1 unspecified atom stereocenters. The fourth-order valence-electron chi connectivity index (χ4n) is 1.94. The van der Waals surface area contributed by atoms with E-state index in [0.29, 0.717) is 11.5 Å². The Hall–Kier alpha value is -0.0800. The number of hydrogen-bond acceptors (Lipinski definition) is 2. The van der Waals surface area contributed by atoms with E-state index in [1.807, 2.05) is 0 Å². The molecule has 0 aliphatic heterocycles. The normalized spacial score (nSPS) is 14.6. The summed E-state index contributed by atoms with van der Waals surface area (Å²) < 4.78 is 0. The van der Waals surface area contributed by atoms with Crippen molar-refractivity contribution in [2.45, 2.75) is 54.0 Å². The van der Waals surface area contributed by atoms with Gasteiger partial charge in [-0.2, -0.15) is 0 Å². The summed E-state index contributed by atoms with van der Waals surface area (Å²) in [4.78, 5) is 2.50. The van der Waals surface area contributed by atoms with Crippen LogP contribution in [0.4, 0.5) is 0 Å². The Kier molecular flexibility index (Phi) is 7.20. The van der Waals surface area contributed by atoms with E-state index in [9.17, 15) is 0 Å². The molecule has 0 aromatic rings. The first-order valence-electron chi connectivity index (χ1n) is 6.41. The maximum atomic E-state index is 3.60. The van der Waals surface area contributed by atoms with Gasteiger partial charge in [0.2, 0.25) is 0 Å². The molecule has 92 valence electrons. The van der Waals surface area contributed by atoms with E-state index < -0.39 is 0 Å². The summed E-state index contributed by atoms with van der Waals surface area (Å²) in [6, 6.07) is 0.628. The Balaban J connectivity index is 4.06. The fraction of sp³-hybridized carbons (Fsp3) is 1.00. The summed E-state index contributed by atoms with van der Waals surface area (Å²) in [6.07, 6.45) is 1.25. The first-order valence-corrected chi connectivity index (χ1v) is 6.41. The summed E-state index contributed by atoms with van der Waals surface area (Å²) in [5.74, 6) is 0. The Labute approximate surface area is 96.4 Å². The van der Waals surface area contributed by atoms with Crippen LogP contribution in [0, 0.1) is 5.41 Å². The third-order valence-electron chi connectivity index (χ3n) is 3.12. The molecule has 2 nitrogen and oxygen atoms in total. The summed E-state index contributed by atoms with van der Waals surface area (Å²) >= 11 is 0. The predicted molar refractivity (Wildman–Crippen MR) is 69.3 cm³/mol. The molecule has 0 heterocycles. The molecule has 0 aliphatic carbocycles. The minimum Gasteiger partial charge on any atom is -0.314 e. The number of nitrogens with zero attached hydrogens (tertiary/aromatic N) is 1. The molecular weight excluding hydrogens is 184 g/mol. The topological polar surface area (TPSA) is 15.3 Å². The van der Waals surface area contributed by atoms with E-state index in [-0.39, 0.29) is 0 Å². The smallest absolute Gasteiger partial charge is 0.0128 e. The van der Waals surface area contributed by atoms with E-state index in [1.54, 1.807) is 0 Å². The zero-order valence-corrected chi connectivity index (χ0v) is 11.6. The molecule has 0 aromatic carbocycles. The van der Waals surface area contributed by atoms with E-state index in [1.165, 1.54) is 26.1 Å². The van der Waals surface area contributed by atoms with E-state index in [2.05, 4.69) is 51.8 Å². The van der Waals surface area contributed by atoms with Crippen LogP contribution in [-0.4, -0.2) is 37.1 Å². The lowest BCUT2D eigenvalue weighted by Gasteiger charge is -2.33. The summed E-state index contributed by atoms with van der Waals surface area (Å²) in [7, 11) is 0. The average Bonchev–Trinajstić information content (AvgIpc) is 2.16. The van der Waals surface area contributed by atoms with Crippen LogP contribution in [-0.2, 0) is 0 Å². The molecule has 0 aromatic heterocycles. The van der Waals surface area contributed by atoms with Crippen molar-refractivity contribution in [1.29, 1.82) is 0 Å². The highest BCUT2D eigenvalue weighted by molar-refractivity contribution is 4.80. The van der Waals surface area contributed by atoms with Gasteiger partial charge in [-0.3, -0.25) is 0 Å². The molecule has 0 fully saturated rings. The zero-order valence-electron chi connectivity index (χ0n) is 11.6. The number of rotatable bonds is 7. The number of hydrogen-bond donors (Lipinski definition) is 1. The minimum atomic E-state index is 0.364. The van der Waals surface area contributed by atoms with Gasteiger partial charge < -0.3 is 10.2 Å². The van der Waals surface area contributed by atoms with E-state index in [4.69, 9.17) is 0 Å². The van der Waals surface area contributed by atoms with Crippen molar-refractivity contribution >= 4 is 0 Å². The van der Waals surface area contributed by atoms with Gasteiger partial charge in [0.15, 0.2) is 0 Å². The van der Waals surface area contributed by atoms with Gasteiger partial charge in [-0.05, 0) is 38.0 Å². The average molecular weight is 214 g/mol. The first kappa shape index (κ1) is 14.9. The molecule has 0 amide bonds. The number of nitrogens with one attached hydrogen (secondary N) is 1. The van der Waals surface area contributed by atoms with Crippen LogP contribution < -0.4 is 5.32 Å². The van der Waals surface area contributed by atoms with Crippen LogP contribution in [0.25, 0.3) is 0 Å². The fourth-order valence-corrected chi connectivity index (χ4v) is 1.94. The zero-order chi connectivity index (χ0) is 11.9. The van der Waals surface area contributed by atoms with Gasteiger partial charge in [-0.1, -0.05) is 41.5 Å². The minimum absolute atomic E-state index is 0.364. The molecule has 1 N–H and O–H groups in total. The maximum absolute atomic E-state index is 3.60. The van der Waals surface area contributed by atoms with Gasteiger partial charge in [-0.25, -0.2) is 0 Å². The van der Waals surface area contributed by atoms with E-state index in [0.717, 1.165) is 6.54 Å². The van der Waals surface area contributed by atoms with Crippen LogP contribution >= 0.6 is 0 Å². The van der Waals surface area contributed by atoms with Crippen molar-refractivity contribution in [2.24, 2.45) is 5.41 Å². The van der Waals surface area contributed by atoms with Gasteiger partial charge in [0, 0.05) is 6.04 Å². The predicted octanol–water partition coefficient (Wildman–Crippen LogP) is 2.74. The second-order valence-electron chi connectivity index (χ2n) is 5.29. The van der Waals surface area contributed by atoms with Gasteiger partial charge in [-0.15, -0.1) is 0 Å². The molecule has 0 aliphatic rings. The van der Waals surface area contributed by atoms with Crippen molar-refractivity contribution in [3.05, 3.63) is 0 Å². The largest absolute Gasteiger partial charge is 0.314 e. The van der Waals surface area contributed by atoms with Gasteiger partial charge in [0.25, 0.3) is 0 Å². The monoisotopic (exact) mass is 214 g/mol. The molecule has 1 atom stereocenters. The highest BCUT2D eigenvalue weighted by Gasteiger charge is 2.23. The molecular formula is C13H30N2. The second-order valence-corrected chi connectivity index (χ2v) is 5.29. The van der Waals surface area contributed by atoms with Crippen LogP contribution in [0.5, 0.6) is 0 Å². The van der Waals surface area contributed by atoms with Crippen LogP contribution in [0.2, 0.25) is 0 Å². The lowest BCUT2D eigenvalue weighted by Crippen LogP contribution is -2.42. The Morgan fingerprint density at radius 2 is 1.60 bits per heavy atom. The Morgan fingerprint density at radius 3 is 1.93 bits per heavy atom. The molecule has 0 bridgehead atoms. The van der Waals surface area contributed by atoms with Crippen molar-refractivity contribution in [3.8, 4) is 0 Å². The van der Waals surface area contributed by atoms with Crippen LogP contribution in [0.15, 0.2) is 0 Å². The molecule has 0 radical (unpaired) electrons.